The van der Waals surface area contributed by atoms with Crippen LogP contribution < -0.4 is 4.90 Å². The molecule has 10 heteroatoms. The molecule has 0 unspecified atom stereocenters. The van der Waals surface area contributed by atoms with E-state index in [0.29, 0.717) is 17.4 Å². The number of anilines is 1. The van der Waals surface area contributed by atoms with Crippen molar-refractivity contribution in [2.75, 3.05) is 38.1 Å². The first kappa shape index (κ1) is 19.4. The molecule has 7 nitrogen and oxygen atoms in total. The van der Waals surface area contributed by atoms with Crippen molar-refractivity contribution in [2.45, 2.75) is 20.0 Å². The molecule has 2 aromatic heterocycles. The maximum Gasteiger partial charge on any atom is 0.416 e. The van der Waals surface area contributed by atoms with Crippen molar-refractivity contribution in [3.8, 4) is 17.0 Å². The average Bonchev–Trinajstić information content (AvgIpc) is 3.06. The van der Waals surface area contributed by atoms with Crippen LogP contribution in [0.15, 0.2) is 18.2 Å². The third-order valence-corrected chi connectivity index (χ3v) is 5.16. The van der Waals surface area contributed by atoms with E-state index in [2.05, 4.69) is 31.9 Å². The van der Waals surface area contributed by atoms with Crippen molar-refractivity contribution in [1.82, 2.24) is 24.5 Å². The molecule has 3 heterocycles. The van der Waals surface area contributed by atoms with Crippen molar-refractivity contribution in [3.05, 3.63) is 35.0 Å². The molecular formula is C19H21F3N6O. The Balaban J connectivity index is 1.76. The Kier molecular flexibility index (Phi) is 4.60. The molecule has 0 aliphatic carbocycles. The van der Waals surface area contributed by atoms with Crippen molar-refractivity contribution >= 4 is 11.7 Å². The Morgan fingerprint density at radius 3 is 2.31 bits per heavy atom. The molecule has 1 aromatic carbocycles. The summed E-state index contributed by atoms with van der Waals surface area (Å²) in [6, 6.07) is 3.42. The summed E-state index contributed by atoms with van der Waals surface area (Å²) in [4.78, 5) is 13.3. The number of halogens is 3. The lowest BCUT2D eigenvalue weighted by molar-refractivity contribution is -0.137. The number of aromatic hydroxyl groups is 1. The van der Waals surface area contributed by atoms with Gasteiger partial charge < -0.3 is 14.9 Å². The number of alkyl halides is 3. The zero-order valence-electron chi connectivity index (χ0n) is 16.3. The largest absolute Gasteiger partial charge is 0.507 e. The molecule has 0 saturated carbocycles. The number of benzene rings is 1. The number of hydrogen-bond donors (Lipinski definition) is 1. The third-order valence-electron chi connectivity index (χ3n) is 5.16. The summed E-state index contributed by atoms with van der Waals surface area (Å²) in [6.45, 7) is 6.76. The van der Waals surface area contributed by atoms with Crippen LogP contribution in [0.4, 0.5) is 19.1 Å². The van der Waals surface area contributed by atoms with E-state index in [0.717, 1.165) is 44.0 Å². The minimum atomic E-state index is -4.53. The van der Waals surface area contributed by atoms with Crippen molar-refractivity contribution in [2.24, 2.45) is 0 Å². The van der Waals surface area contributed by atoms with Crippen LogP contribution in [0.1, 0.15) is 16.8 Å². The summed E-state index contributed by atoms with van der Waals surface area (Å²) in [5.74, 6) is 0.444. The van der Waals surface area contributed by atoms with Gasteiger partial charge in [0.25, 0.3) is 5.78 Å². The van der Waals surface area contributed by atoms with Crippen LogP contribution in [0.25, 0.3) is 17.0 Å². The molecule has 1 N–H and O–H groups in total. The fraction of sp³-hybridized carbons (Fsp3) is 0.421. The van der Waals surface area contributed by atoms with Gasteiger partial charge in [0.15, 0.2) is 0 Å². The van der Waals surface area contributed by atoms with E-state index in [1.807, 2.05) is 6.92 Å². The Morgan fingerprint density at radius 2 is 1.69 bits per heavy atom. The monoisotopic (exact) mass is 406 g/mol. The van der Waals surface area contributed by atoms with Gasteiger partial charge in [0, 0.05) is 37.4 Å². The van der Waals surface area contributed by atoms with Crippen LogP contribution in [-0.4, -0.2) is 62.8 Å². The van der Waals surface area contributed by atoms with Crippen LogP contribution in [0.3, 0.4) is 0 Å². The number of phenols is 1. The number of fused-ring (bicyclic) bond motifs is 1. The highest BCUT2D eigenvalue weighted by Crippen LogP contribution is 2.38. The summed E-state index contributed by atoms with van der Waals surface area (Å²) in [5, 5.41) is 14.8. The summed E-state index contributed by atoms with van der Waals surface area (Å²) in [5.41, 5.74) is 0.724. The molecule has 1 saturated heterocycles. The quantitative estimate of drug-likeness (QED) is 0.706. The van der Waals surface area contributed by atoms with Gasteiger partial charge in [-0.2, -0.15) is 22.7 Å². The Labute approximate surface area is 165 Å². The molecule has 0 bridgehead atoms. The van der Waals surface area contributed by atoms with E-state index in [-0.39, 0.29) is 11.1 Å². The summed E-state index contributed by atoms with van der Waals surface area (Å²) < 4.78 is 40.6. The van der Waals surface area contributed by atoms with E-state index in [9.17, 15) is 18.3 Å². The van der Waals surface area contributed by atoms with E-state index >= 15 is 0 Å². The van der Waals surface area contributed by atoms with Crippen molar-refractivity contribution in [1.29, 1.82) is 0 Å². The third kappa shape index (κ3) is 3.59. The minimum Gasteiger partial charge on any atom is -0.507 e. The predicted octanol–water partition coefficient (Wildman–Crippen LogP) is 2.88. The fourth-order valence-corrected chi connectivity index (χ4v) is 3.54. The normalized spacial score (nSPS) is 16.0. The topological polar surface area (TPSA) is 69.8 Å². The smallest absolute Gasteiger partial charge is 0.416 e. The van der Waals surface area contributed by atoms with E-state index in [4.69, 9.17) is 0 Å². The number of rotatable bonds is 2. The van der Waals surface area contributed by atoms with Crippen LogP contribution in [0.5, 0.6) is 5.75 Å². The van der Waals surface area contributed by atoms with Gasteiger partial charge in [-0.15, -0.1) is 5.10 Å². The number of aryl methyl sites for hydroxylation is 2. The van der Waals surface area contributed by atoms with Gasteiger partial charge in [-0.25, -0.2) is 4.98 Å². The van der Waals surface area contributed by atoms with Crippen molar-refractivity contribution < 1.29 is 18.3 Å². The lowest BCUT2D eigenvalue weighted by Crippen LogP contribution is -2.45. The zero-order valence-corrected chi connectivity index (χ0v) is 16.3. The first-order chi connectivity index (χ1) is 13.6. The first-order valence-electron chi connectivity index (χ1n) is 9.22. The van der Waals surface area contributed by atoms with Gasteiger partial charge >= 0.3 is 6.18 Å². The maximum atomic E-state index is 13.0. The molecule has 1 aliphatic rings. The molecule has 1 fully saturated rings. The highest BCUT2D eigenvalue weighted by atomic mass is 19.4. The highest BCUT2D eigenvalue weighted by Gasteiger charge is 2.32. The van der Waals surface area contributed by atoms with E-state index < -0.39 is 17.5 Å². The van der Waals surface area contributed by atoms with Gasteiger partial charge in [0.1, 0.15) is 5.75 Å². The zero-order chi connectivity index (χ0) is 20.9. The number of aromatic nitrogens is 4. The number of piperazine rings is 1. The number of phenolic OH excluding ortho intramolecular Hbond substituents is 1. The van der Waals surface area contributed by atoms with Gasteiger partial charge in [-0.05, 0) is 44.7 Å². The van der Waals surface area contributed by atoms with E-state index in [1.54, 1.807) is 10.6 Å². The molecule has 0 atom stereocenters. The number of hydrogen-bond acceptors (Lipinski definition) is 6. The Hall–Kier alpha value is -2.88. The number of nitrogens with zero attached hydrogens (tertiary/aromatic N) is 6. The molecule has 3 aromatic rings. The van der Waals surface area contributed by atoms with Gasteiger partial charge in [0.2, 0.25) is 5.95 Å². The second-order valence-electron chi connectivity index (χ2n) is 7.38. The molecule has 29 heavy (non-hydrogen) atoms. The van der Waals surface area contributed by atoms with Gasteiger partial charge in [0.05, 0.1) is 11.3 Å². The SMILES string of the molecule is Cc1cc(C(F)(F)F)cc(O)c1-c1cc(C)n2nc(N3CCN(C)CC3)nc2n1. The fourth-order valence-electron chi connectivity index (χ4n) is 3.54. The molecule has 0 amide bonds. The number of likely N-dealkylation sites (N-methyl/N-ethyl adjacent to an activating group) is 1. The molecule has 0 spiro atoms. The maximum absolute atomic E-state index is 13.0. The van der Waals surface area contributed by atoms with Gasteiger partial charge in [-0.3, -0.25) is 0 Å². The van der Waals surface area contributed by atoms with Crippen molar-refractivity contribution in [3.63, 3.8) is 0 Å². The molecule has 154 valence electrons. The molecular weight excluding hydrogens is 385 g/mol. The second kappa shape index (κ2) is 6.87. The molecule has 0 radical (unpaired) electrons. The van der Waals surface area contributed by atoms with Gasteiger partial charge in [-0.1, -0.05) is 0 Å². The lowest BCUT2D eigenvalue weighted by atomic mass is 10.00. The summed E-state index contributed by atoms with van der Waals surface area (Å²) in [7, 11) is 2.06. The van der Waals surface area contributed by atoms with Crippen LogP contribution in [0.2, 0.25) is 0 Å². The van der Waals surface area contributed by atoms with Crippen LogP contribution in [-0.2, 0) is 6.18 Å². The molecule has 4 rings (SSSR count). The van der Waals surface area contributed by atoms with Crippen LogP contribution in [0, 0.1) is 13.8 Å². The van der Waals surface area contributed by atoms with Crippen LogP contribution >= 0.6 is 0 Å². The highest BCUT2D eigenvalue weighted by molar-refractivity contribution is 5.72. The Morgan fingerprint density at radius 1 is 1.00 bits per heavy atom. The second-order valence-corrected chi connectivity index (χ2v) is 7.38. The summed E-state index contributed by atoms with van der Waals surface area (Å²) >= 11 is 0. The standard InChI is InChI=1S/C19H21F3N6O/c1-11-8-13(19(20,21)22)10-15(29)16(11)14-9-12(2)28-17(23-14)24-18(25-28)27-6-4-26(3)5-7-27/h8-10,29H,4-7H2,1-3H3. The molecule has 1 aliphatic heterocycles. The lowest BCUT2D eigenvalue weighted by Gasteiger charge is -2.31. The van der Waals surface area contributed by atoms with E-state index in [1.165, 1.54) is 6.92 Å². The summed E-state index contributed by atoms with van der Waals surface area (Å²) in [6.07, 6.45) is -4.53. The Bertz CT molecular complexity index is 1050. The minimum absolute atomic E-state index is 0.257. The first-order valence-corrected chi connectivity index (χ1v) is 9.22. The average molecular weight is 406 g/mol. The predicted molar refractivity (Wildman–Crippen MR) is 102 cm³/mol.